The Balaban J connectivity index is 1.46. The van der Waals surface area contributed by atoms with Crippen LogP contribution < -0.4 is 20.1 Å². The van der Waals surface area contributed by atoms with Crippen molar-refractivity contribution in [3.63, 3.8) is 0 Å². The fourth-order valence-electron chi connectivity index (χ4n) is 2.31. The molecule has 0 bridgehead atoms. The van der Waals surface area contributed by atoms with Gasteiger partial charge in [-0.15, -0.1) is 11.3 Å². The summed E-state index contributed by atoms with van der Waals surface area (Å²) in [5, 5.41) is 5.10. The van der Waals surface area contributed by atoms with Gasteiger partial charge < -0.3 is 24.8 Å². The first-order valence-corrected chi connectivity index (χ1v) is 8.98. The summed E-state index contributed by atoms with van der Waals surface area (Å²) in [6, 6.07) is 8.46. The summed E-state index contributed by atoms with van der Waals surface area (Å²) in [6.45, 7) is 3.15. The van der Waals surface area contributed by atoms with Crippen molar-refractivity contribution in [1.29, 1.82) is 0 Å². The fraction of sp³-hybridized carbons (Fsp3) is 0.278. The summed E-state index contributed by atoms with van der Waals surface area (Å²) < 4.78 is 15.5. The van der Waals surface area contributed by atoms with Crippen molar-refractivity contribution in [2.24, 2.45) is 0 Å². The molecule has 1 atom stereocenters. The Bertz CT molecular complexity index is 878. The van der Waals surface area contributed by atoms with E-state index in [1.165, 1.54) is 18.3 Å². The van der Waals surface area contributed by atoms with Crippen LogP contribution in [0.2, 0.25) is 0 Å². The number of anilines is 1. The maximum absolute atomic E-state index is 12.2. The predicted octanol–water partition coefficient (Wildman–Crippen LogP) is 2.09. The molecule has 142 valence electrons. The van der Waals surface area contributed by atoms with E-state index in [-0.39, 0.29) is 19.2 Å². The van der Waals surface area contributed by atoms with Crippen LogP contribution in [0.4, 0.5) is 5.69 Å². The molecule has 1 aromatic carbocycles. The number of hydrogen-bond donors (Lipinski definition) is 2. The molecule has 9 heteroatoms. The minimum Gasteiger partial charge on any atom is -0.454 e. The van der Waals surface area contributed by atoms with Gasteiger partial charge in [-0.25, -0.2) is 0 Å². The highest BCUT2D eigenvalue weighted by molar-refractivity contribution is 7.13. The molecule has 3 rings (SSSR count). The molecular formula is C18H18N2O6S. The molecule has 27 heavy (non-hydrogen) atoms. The molecule has 0 spiro atoms. The van der Waals surface area contributed by atoms with Crippen LogP contribution >= 0.6 is 11.3 Å². The van der Waals surface area contributed by atoms with Gasteiger partial charge in [0.05, 0.1) is 4.88 Å². The average molecular weight is 390 g/mol. The van der Waals surface area contributed by atoms with E-state index < -0.39 is 18.0 Å². The highest BCUT2D eigenvalue weighted by Gasteiger charge is 2.20. The van der Waals surface area contributed by atoms with Gasteiger partial charge in [-0.3, -0.25) is 14.4 Å². The third-order valence-electron chi connectivity index (χ3n) is 3.67. The highest BCUT2D eigenvalue weighted by atomic mass is 32.1. The molecule has 0 fully saturated rings. The van der Waals surface area contributed by atoms with Gasteiger partial charge in [-0.05, 0) is 38.1 Å². The largest absolute Gasteiger partial charge is 0.454 e. The Labute approximate surface area is 159 Å². The Kier molecular flexibility index (Phi) is 5.60. The second-order valence-electron chi connectivity index (χ2n) is 5.78. The van der Waals surface area contributed by atoms with Gasteiger partial charge in [0.1, 0.15) is 6.54 Å². The first-order chi connectivity index (χ1) is 12.9. The van der Waals surface area contributed by atoms with Crippen molar-refractivity contribution >= 4 is 34.8 Å². The molecule has 1 aromatic heterocycles. The van der Waals surface area contributed by atoms with Crippen molar-refractivity contribution in [1.82, 2.24) is 5.32 Å². The Morgan fingerprint density at radius 2 is 1.96 bits per heavy atom. The van der Waals surface area contributed by atoms with E-state index in [0.29, 0.717) is 22.1 Å². The lowest BCUT2D eigenvalue weighted by Crippen LogP contribution is -2.35. The summed E-state index contributed by atoms with van der Waals surface area (Å²) in [5.74, 6) is -0.428. The van der Waals surface area contributed by atoms with Gasteiger partial charge >= 0.3 is 5.97 Å². The smallest absolute Gasteiger partial charge is 0.326 e. The second kappa shape index (κ2) is 8.09. The molecule has 1 aliphatic rings. The van der Waals surface area contributed by atoms with Crippen LogP contribution in [-0.4, -0.2) is 37.2 Å². The Morgan fingerprint density at radius 1 is 1.19 bits per heavy atom. The van der Waals surface area contributed by atoms with Crippen molar-refractivity contribution in [2.75, 3.05) is 18.7 Å². The monoisotopic (exact) mass is 390 g/mol. The summed E-state index contributed by atoms with van der Waals surface area (Å²) in [6.07, 6.45) is -1.02. The number of thiophene rings is 1. The first kappa shape index (κ1) is 18.7. The number of carbonyl (C=O) groups excluding carboxylic acids is 3. The molecule has 0 saturated carbocycles. The third-order valence-corrected chi connectivity index (χ3v) is 4.67. The minimum absolute atomic E-state index is 0.136. The maximum Gasteiger partial charge on any atom is 0.326 e. The molecule has 2 aromatic rings. The number of fused-ring (bicyclic) bond motifs is 1. The molecule has 1 aliphatic heterocycles. The molecular weight excluding hydrogens is 372 g/mol. The second-order valence-corrected chi connectivity index (χ2v) is 7.07. The lowest BCUT2D eigenvalue weighted by molar-refractivity contribution is -0.152. The van der Waals surface area contributed by atoms with Gasteiger partial charge in [0.25, 0.3) is 11.8 Å². The SMILES string of the molecule is Cc1ccc(C(=O)NCC(=O)OC(C)C(=O)Nc2ccc3c(c2)OCO3)s1. The van der Waals surface area contributed by atoms with Crippen LogP contribution in [0.15, 0.2) is 30.3 Å². The predicted molar refractivity (Wildman–Crippen MR) is 98.1 cm³/mol. The number of amides is 2. The molecule has 0 radical (unpaired) electrons. The molecule has 2 heterocycles. The fourth-order valence-corrected chi connectivity index (χ4v) is 3.09. The van der Waals surface area contributed by atoms with E-state index in [2.05, 4.69) is 10.6 Å². The number of esters is 1. The van der Waals surface area contributed by atoms with Gasteiger partial charge in [-0.1, -0.05) is 0 Å². The Hall–Kier alpha value is -3.07. The number of rotatable bonds is 6. The molecule has 1 unspecified atom stereocenters. The standard InChI is InChI=1S/C18H18N2O6S/c1-10-3-6-15(27-10)18(23)19-8-16(21)26-11(2)17(22)20-12-4-5-13-14(7-12)25-9-24-13/h3-7,11H,8-9H2,1-2H3,(H,19,23)(H,20,22). The summed E-state index contributed by atoms with van der Waals surface area (Å²) in [5.41, 5.74) is 0.494. The normalized spacial score (nSPS) is 13.0. The van der Waals surface area contributed by atoms with Crippen LogP contribution in [0.1, 0.15) is 21.5 Å². The minimum atomic E-state index is -1.02. The summed E-state index contributed by atoms with van der Waals surface area (Å²) >= 11 is 1.33. The van der Waals surface area contributed by atoms with Crippen molar-refractivity contribution in [3.8, 4) is 11.5 Å². The number of nitrogens with one attached hydrogen (secondary N) is 2. The number of aryl methyl sites for hydroxylation is 1. The average Bonchev–Trinajstić information content (AvgIpc) is 3.27. The topological polar surface area (TPSA) is 103 Å². The van der Waals surface area contributed by atoms with Crippen LogP contribution in [0.3, 0.4) is 0 Å². The number of benzene rings is 1. The molecule has 2 N–H and O–H groups in total. The van der Waals surface area contributed by atoms with Crippen LogP contribution in [0.25, 0.3) is 0 Å². The van der Waals surface area contributed by atoms with Crippen molar-refractivity contribution in [2.45, 2.75) is 20.0 Å². The lowest BCUT2D eigenvalue weighted by atomic mass is 10.2. The van der Waals surface area contributed by atoms with Gasteiger partial charge in [0, 0.05) is 16.6 Å². The lowest BCUT2D eigenvalue weighted by Gasteiger charge is -2.14. The first-order valence-electron chi connectivity index (χ1n) is 8.17. The third kappa shape index (κ3) is 4.76. The molecule has 0 aliphatic carbocycles. The number of carbonyl (C=O) groups is 3. The number of hydrogen-bond acceptors (Lipinski definition) is 7. The molecule has 2 amide bonds. The summed E-state index contributed by atoms with van der Waals surface area (Å²) in [7, 11) is 0. The van der Waals surface area contributed by atoms with Crippen LogP contribution in [0, 0.1) is 6.92 Å². The zero-order chi connectivity index (χ0) is 19.4. The van der Waals surface area contributed by atoms with Crippen LogP contribution in [0.5, 0.6) is 11.5 Å². The Morgan fingerprint density at radius 3 is 2.70 bits per heavy atom. The zero-order valence-corrected chi connectivity index (χ0v) is 15.6. The van der Waals surface area contributed by atoms with Gasteiger partial charge in [0.15, 0.2) is 17.6 Å². The van der Waals surface area contributed by atoms with E-state index in [4.69, 9.17) is 14.2 Å². The van der Waals surface area contributed by atoms with E-state index in [1.807, 2.05) is 13.0 Å². The van der Waals surface area contributed by atoms with Gasteiger partial charge in [-0.2, -0.15) is 0 Å². The van der Waals surface area contributed by atoms with Gasteiger partial charge in [0.2, 0.25) is 6.79 Å². The summed E-state index contributed by atoms with van der Waals surface area (Å²) in [4.78, 5) is 37.4. The van der Waals surface area contributed by atoms with E-state index in [0.717, 1.165) is 4.88 Å². The van der Waals surface area contributed by atoms with E-state index in [1.54, 1.807) is 24.3 Å². The quantitative estimate of drug-likeness (QED) is 0.732. The van der Waals surface area contributed by atoms with Crippen LogP contribution in [-0.2, 0) is 14.3 Å². The molecule has 8 nitrogen and oxygen atoms in total. The zero-order valence-electron chi connectivity index (χ0n) is 14.7. The van der Waals surface area contributed by atoms with Crippen molar-refractivity contribution in [3.05, 3.63) is 40.1 Å². The van der Waals surface area contributed by atoms with E-state index in [9.17, 15) is 14.4 Å². The number of ether oxygens (including phenoxy) is 3. The molecule has 0 saturated heterocycles. The maximum atomic E-state index is 12.2. The van der Waals surface area contributed by atoms with Crippen molar-refractivity contribution < 1.29 is 28.6 Å². The highest BCUT2D eigenvalue weighted by Crippen LogP contribution is 2.34. The van der Waals surface area contributed by atoms with E-state index >= 15 is 0 Å².